The summed E-state index contributed by atoms with van der Waals surface area (Å²) in [6.07, 6.45) is 4.03. The fourth-order valence-corrected chi connectivity index (χ4v) is 3.45. The van der Waals surface area contributed by atoms with Crippen LogP contribution in [0.4, 0.5) is 8.78 Å². The Kier molecular flexibility index (Phi) is 4.03. The normalized spacial score (nSPS) is 23.7. The van der Waals surface area contributed by atoms with Gasteiger partial charge in [-0.25, -0.2) is 13.8 Å². The van der Waals surface area contributed by atoms with Gasteiger partial charge in [-0.2, -0.15) is 0 Å². The van der Waals surface area contributed by atoms with Gasteiger partial charge in [0.05, 0.1) is 12.1 Å². The van der Waals surface area contributed by atoms with E-state index in [2.05, 4.69) is 4.98 Å². The second kappa shape index (κ2) is 6.22. The molecule has 132 valence electrons. The van der Waals surface area contributed by atoms with Gasteiger partial charge in [-0.3, -0.25) is 4.79 Å². The van der Waals surface area contributed by atoms with E-state index < -0.39 is 23.8 Å². The summed E-state index contributed by atoms with van der Waals surface area (Å²) in [5.74, 6) is -1.45. The van der Waals surface area contributed by atoms with E-state index in [9.17, 15) is 18.7 Å². The molecule has 2 atom stereocenters. The van der Waals surface area contributed by atoms with Gasteiger partial charge in [0.2, 0.25) is 0 Å². The molecule has 5 nitrogen and oxygen atoms in total. The maximum absolute atomic E-state index is 13.6. The molecule has 1 amide bonds. The summed E-state index contributed by atoms with van der Waals surface area (Å²) in [5.41, 5.74) is 0.634. The number of aliphatic hydroxyl groups is 1. The molecule has 1 aliphatic heterocycles. The molecule has 2 fully saturated rings. The van der Waals surface area contributed by atoms with E-state index in [0.29, 0.717) is 11.5 Å². The maximum atomic E-state index is 13.6. The van der Waals surface area contributed by atoms with Crippen molar-refractivity contribution in [3.05, 3.63) is 53.2 Å². The van der Waals surface area contributed by atoms with E-state index in [4.69, 9.17) is 4.42 Å². The van der Waals surface area contributed by atoms with E-state index in [1.54, 1.807) is 0 Å². The van der Waals surface area contributed by atoms with Gasteiger partial charge in [-0.05, 0) is 37.0 Å². The van der Waals surface area contributed by atoms with Gasteiger partial charge in [-0.1, -0.05) is 12.5 Å². The molecule has 2 aromatic rings. The zero-order chi connectivity index (χ0) is 17.6. The first kappa shape index (κ1) is 16.2. The highest BCUT2D eigenvalue weighted by molar-refractivity contribution is 5.92. The van der Waals surface area contributed by atoms with Crippen molar-refractivity contribution in [3.8, 4) is 0 Å². The van der Waals surface area contributed by atoms with E-state index in [-0.39, 0.29) is 30.5 Å². The van der Waals surface area contributed by atoms with Crippen molar-refractivity contribution in [2.45, 2.75) is 43.7 Å². The number of hydrogen-bond donors (Lipinski definition) is 1. The number of nitrogens with zero attached hydrogens (tertiary/aromatic N) is 2. The van der Waals surface area contributed by atoms with Gasteiger partial charge in [0.15, 0.2) is 23.2 Å². The van der Waals surface area contributed by atoms with Crippen LogP contribution in [0.5, 0.6) is 0 Å². The zero-order valence-electron chi connectivity index (χ0n) is 13.5. The Morgan fingerprint density at radius 1 is 1.28 bits per heavy atom. The van der Waals surface area contributed by atoms with Gasteiger partial charge < -0.3 is 14.4 Å². The Morgan fingerprint density at radius 3 is 2.76 bits per heavy atom. The largest absolute Gasteiger partial charge is 0.448 e. The first-order chi connectivity index (χ1) is 12.0. The van der Waals surface area contributed by atoms with Crippen LogP contribution < -0.4 is 0 Å². The van der Waals surface area contributed by atoms with Gasteiger partial charge in [-0.15, -0.1) is 0 Å². The highest BCUT2D eigenvalue weighted by atomic mass is 19.2. The Bertz CT molecular complexity index is 803. The fraction of sp³-hybridized carbons (Fsp3) is 0.444. The smallest absolute Gasteiger partial charge is 0.276 e. The number of halogens is 2. The Balaban J connectivity index is 1.59. The Labute approximate surface area is 143 Å². The number of aliphatic hydroxyl groups excluding tert-OH is 1. The summed E-state index contributed by atoms with van der Waals surface area (Å²) in [4.78, 5) is 18.5. The Morgan fingerprint density at radius 2 is 2.08 bits per heavy atom. The first-order valence-corrected chi connectivity index (χ1v) is 8.42. The lowest BCUT2D eigenvalue weighted by molar-refractivity contribution is 0.0709. The fourth-order valence-electron chi connectivity index (χ4n) is 3.45. The monoisotopic (exact) mass is 348 g/mol. The topological polar surface area (TPSA) is 66.6 Å². The first-order valence-electron chi connectivity index (χ1n) is 8.42. The number of rotatable bonds is 3. The average molecular weight is 348 g/mol. The second-order valence-electron chi connectivity index (χ2n) is 6.74. The molecule has 25 heavy (non-hydrogen) atoms. The molecule has 1 N–H and O–H groups in total. The predicted octanol–water partition coefficient (Wildman–Crippen LogP) is 3.17. The van der Waals surface area contributed by atoms with Crippen LogP contribution in [-0.2, 0) is 0 Å². The minimum atomic E-state index is -0.972. The lowest BCUT2D eigenvalue weighted by Gasteiger charge is -2.24. The molecule has 0 bridgehead atoms. The number of carbonyl (C=O) groups excluding carboxylic acids is 1. The third-order valence-electron chi connectivity index (χ3n) is 5.06. The molecule has 4 rings (SSSR count). The zero-order valence-corrected chi connectivity index (χ0v) is 13.5. The van der Waals surface area contributed by atoms with Crippen molar-refractivity contribution in [2.24, 2.45) is 0 Å². The number of amides is 1. The average Bonchev–Trinajstić information content (AvgIpc) is 3.15. The molecule has 2 heterocycles. The molecule has 0 spiro atoms. The molecule has 0 radical (unpaired) electrons. The van der Waals surface area contributed by atoms with Crippen LogP contribution >= 0.6 is 0 Å². The molecule has 2 aliphatic rings. The summed E-state index contributed by atoms with van der Waals surface area (Å²) < 4.78 is 32.1. The van der Waals surface area contributed by atoms with E-state index in [0.717, 1.165) is 31.4 Å². The molecule has 1 saturated carbocycles. The molecule has 1 saturated heterocycles. The number of oxazole rings is 1. The highest BCUT2D eigenvalue weighted by Gasteiger charge is 2.37. The molecular formula is C18H18F2N2O3. The summed E-state index contributed by atoms with van der Waals surface area (Å²) >= 11 is 0. The number of aromatic nitrogens is 1. The van der Waals surface area contributed by atoms with Crippen molar-refractivity contribution >= 4 is 5.91 Å². The molecule has 1 aromatic carbocycles. The van der Waals surface area contributed by atoms with Crippen molar-refractivity contribution in [1.82, 2.24) is 9.88 Å². The van der Waals surface area contributed by atoms with Crippen molar-refractivity contribution in [1.29, 1.82) is 0 Å². The third kappa shape index (κ3) is 2.93. The molecular weight excluding hydrogens is 330 g/mol. The number of hydrogen-bond acceptors (Lipinski definition) is 4. The van der Waals surface area contributed by atoms with Crippen molar-refractivity contribution in [3.63, 3.8) is 0 Å². The van der Waals surface area contributed by atoms with Gasteiger partial charge in [0, 0.05) is 12.5 Å². The van der Waals surface area contributed by atoms with Crippen LogP contribution in [0.25, 0.3) is 0 Å². The quantitative estimate of drug-likeness (QED) is 0.925. The second-order valence-corrected chi connectivity index (χ2v) is 6.74. The summed E-state index contributed by atoms with van der Waals surface area (Å²) in [6, 6.07) is 3.01. The lowest BCUT2D eigenvalue weighted by Crippen LogP contribution is -2.32. The summed E-state index contributed by atoms with van der Waals surface area (Å²) in [7, 11) is 0. The summed E-state index contributed by atoms with van der Waals surface area (Å²) in [6.45, 7) is 0.119. The Hall–Kier alpha value is -2.28. The van der Waals surface area contributed by atoms with E-state index in [1.807, 2.05) is 0 Å². The van der Waals surface area contributed by atoms with Gasteiger partial charge >= 0.3 is 0 Å². The van der Waals surface area contributed by atoms with Crippen LogP contribution in [0.3, 0.4) is 0 Å². The minimum absolute atomic E-state index is 0.119. The van der Waals surface area contributed by atoms with E-state index >= 15 is 0 Å². The standard InChI is InChI=1S/C18H18F2N2O3/c19-13-5-4-11(6-14(13)20)16-7-12(23)8-22(16)18(24)15-9-25-17(21-15)10-2-1-3-10/h4-6,9-10,12,16,23H,1-3,7-8H2. The van der Waals surface area contributed by atoms with Crippen LogP contribution in [0.2, 0.25) is 0 Å². The van der Waals surface area contributed by atoms with Crippen LogP contribution in [-0.4, -0.2) is 33.5 Å². The number of carbonyl (C=O) groups is 1. The van der Waals surface area contributed by atoms with E-state index in [1.165, 1.54) is 17.2 Å². The molecule has 2 unspecified atom stereocenters. The van der Waals surface area contributed by atoms with Crippen LogP contribution in [0.15, 0.2) is 28.9 Å². The van der Waals surface area contributed by atoms with Crippen molar-refractivity contribution < 1.29 is 23.1 Å². The number of likely N-dealkylation sites (tertiary alicyclic amines) is 1. The number of β-amino-alcohol motifs (C(OH)–C–C–N with tert-alkyl or cyclic N) is 1. The SMILES string of the molecule is O=C(c1coc(C2CCC2)n1)N1CC(O)CC1c1ccc(F)c(F)c1. The van der Waals surface area contributed by atoms with Crippen molar-refractivity contribution in [2.75, 3.05) is 6.54 Å². The predicted molar refractivity (Wildman–Crippen MR) is 83.9 cm³/mol. The van der Waals surface area contributed by atoms with Crippen LogP contribution in [0.1, 0.15) is 59.6 Å². The van der Waals surface area contributed by atoms with Gasteiger partial charge in [0.25, 0.3) is 5.91 Å². The number of benzene rings is 1. The minimum Gasteiger partial charge on any atom is -0.448 e. The van der Waals surface area contributed by atoms with Gasteiger partial charge in [0.1, 0.15) is 6.26 Å². The van der Waals surface area contributed by atoms with Crippen LogP contribution in [0, 0.1) is 11.6 Å². The third-order valence-corrected chi connectivity index (χ3v) is 5.06. The molecule has 1 aliphatic carbocycles. The summed E-state index contributed by atoms with van der Waals surface area (Å²) in [5, 5.41) is 9.99. The molecule has 1 aromatic heterocycles. The lowest BCUT2D eigenvalue weighted by atomic mass is 9.85. The maximum Gasteiger partial charge on any atom is 0.276 e. The highest BCUT2D eigenvalue weighted by Crippen LogP contribution is 2.37. The molecule has 7 heteroatoms.